The Bertz CT molecular complexity index is 585. The number of aliphatic carboxylic acids is 6. The molecule has 152 valence electrons. The van der Waals surface area contributed by atoms with Crippen LogP contribution in [0, 0.1) is 11.8 Å². The lowest BCUT2D eigenvalue weighted by molar-refractivity contribution is -0.165. The number of aliphatic hydroxyl groups excluding tert-OH is 2. The highest BCUT2D eigenvalue weighted by Crippen LogP contribution is 2.33. The average molecular weight is 398 g/mol. The van der Waals surface area contributed by atoms with Gasteiger partial charge in [0.1, 0.15) is 11.8 Å². The number of carboxylic acid groups (broad SMARTS) is 6. The number of rotatable bonds is 7. The minimum atomic E-state index is -2.27. The topological polar surface area (TPSA) is 273 Å². The van der Waals surface area contributed by atoms with Crippen molar-refractivity contribution in [2.45, 2.75) is 24.4 Å². The van der Waals surface area contributed by atoms with Crippen LogP contribution in [0.3, 0.4) is 0 Å². The van der Waals surface area contributed by atoms with Crippen molar-refractivity contribution in [2.24, 2.45) is 11.8 Å². The fourth-order valence-electron chi connectivity index (χ4n) is 1.96. The van der Waals surface area contributed by atoms with Gasteiger partial charge in [-0.05, 0) is 0 Å². The maximum absolute atomic E-state index is 10.8. The number of carbonyl (C=O) groups is 6. The monoisotopic (exact) mass is 398 g/mol. The Morgan fingerprint density at radius 1 is 0.556 bits per heavy atom. The largest absolute Gasteiger partial charge is 0.481 e. The molecule has 6 unspecified atom stereocenters. The van der Waals surface area contributed by atoms with Crippen molar-refractivity contribution < 1.29 is 74.4 Å². The quantitative estimate of drug-likeness (QED) is 0.204. The molecule has 1 aliphatic rings. The van der Waals surface area contributed by atoms with E-state index in [2.05, 4.69) is 4.74 Å². The molecule has 1 aliphatic heterocycles. The van der Waals surface area contributed by atoms with E-state index in [0.717, 1.165) is 0 Å². The van der Waals surface area contributed by atoms with Crippen LogP contribution in [-0.2, 0) is 33.5 Å². The number of aliphatic hydroxyl groups is 2. The molecule has 15 nitrogen and oxygen atoms in total. The Morgan fingerprint density at radius 3 is 0.963 bits per heavy atom. The molecule has 1 saturated heterocycles. The third-order valence-corrected chi connectivity index (χ3v) is 3.19. The van der Waals surface area contributed by atoms with Crippen LogP contribution in [0.5, 0.6) is 0 Å². The molecular formula is C12H14O15. The highest BCUT2D eigenvalue weighted by atomic mass is 16.6. The second-order valence-corrected chi connectivity index (χ2v) is 4.95. The molecule has 0 aromatic carbocycles. The zero-order valence-corrected chi connectivity index (χ0v) is 12.9. The highest BCUT2D eigenvalue weighted by molar-refractivity contribution is 5.92. The highest BCUT2D eigenvalue weighted by Gasteiger charge is 2.57. The Kier molecular flexibility index (Phi) is 8.26. The Morgan fingerprint density at radius 2 is 0.815 bits per heavy atom. The van der Waals surface area contributed by atoms with Crippen molar-refractivity contribution in [2.75, 3.05) is 0 Å². The van der Waals surface area contributed by atoms with Gasteiger partial charge in [0.25, 0.3) is 0 Å². The summed E-state index contributed by atoms with van der Waals surface area (Å²) < 4.78 is 4.47. The van der Waals surface area contributed by atoms with E-state index in [1.54, 1.807) is 0 Å². The van der Waals surface area contributed by atoms with E-state index < -0.39 is 72.1 Å². The van der Waals surface area contributed by atoms with E-state index >= 15 is 0 Å². The number of hydrogen-bond donors (Lipinski definition) is 8. The smallest absolute Gasteiger partial charge is 0.335 e. The number of ether oxygens (including phenoxy) is 1. The SMILES string of the molecule is O=C(O)C(O)C(O)C(=O)O.O=C(O)C1OC(C(=O)O)C(C(=O)O)C1C(=O)O. The molecular weight excluding hydrogens is 384 g/mol. The van der Waals surface area contributed by atoms with Gasteiger partial charge < -0.3 is 45.6 Å². The third-order valence-electron chi connectivity index (χ3n) is 3.19. The van der Waals surface area contributed by atoms with E-state index in [4.69, 9.17) is 40.9 Å². The van der Waals surface area contributed by atoms with Crippen LogP contribution in [0.1, 0.15) is 0 Å². The molecule has 8 N–H and O–H groups in total. The molecule has 0 aromatic heterocycles. The lowest BCUT2D eigenvalue weighted by Crippen LogP contribution is -2.39. The normalized spacial score (nSPS) is 26.0. The van der Waals surface area contributed by atoms with Crippen molar-refractivity contribution in [3.8, 4) is 0 Å². The standard InChI is InChI=1S/C8H8O9.C4H6O6/c9-5(10)1-2(6(11)12)4(8(15)16)17-3(1)7(13)14;5-1(3(7)8)2(6)4(9)10/h1-4H,(H,9,10)(H,11,12)(H,13,14)(H,15,16);1-2,5-6H,(H,7,8)(H,9,10). The summed E-state index contributed by atoms with van der Waals surface area (Å²) in [6, 6.07) is 0. The summed E-state index contributed by atoms with van der Waals surface area (Å²) in [5, 5.41) is 67.3. The van der Waals surface area contributed by atoms with Crippen LogP contribution in [-0.4, -0.2) is 101 Å². The molecule has 0 spiro atoms. The van der Waals surface area contributed by atoms with Gasteiger partial charge >= 0.3 is 35.8 Å². The van der Waals surface area contributed by atoms with E-state index in [1.807, 2.05) is 0 Å². The van der Waals surface area contributed by atoms with Crippen molar-refractivity contribution in [1.82, 2.24) is 0 Å². The lowest BCUT2D eigenvalue weighted by atomic mass is 9.87. The number of hydrogen-bond acceptors (Lipinski definition) is 9. The second-order valence-electron chi connectivity index (χ2n) is 4.95. The average Bonchev–Trinajstić information content (AvgIpc) is 2.95. The minimum Gasteiger partial charge on any atom is -0.481 e. The summed E-state index contributed by atoms with van der Waals surface area (Å²) in [4.78, 5) is 62.5. The van der Waals surface area contributed by atoms with Crippen LogP contribution < -0.4 is 0 Å². The van der Waals surface area contributed by atoms with Gasteiger partial charge in [-0.25, -0.2) is 19.2 Å². The van der Waals surface area contributed by atoms with Gasteiger partial charge in [0.2, 0.25) is 0 Å². The van der Waals surface area contributed by atoms with Gasteiger partial charge in [-0.3, -0.25) is 9.59 Å². The molecule has 27 heavy (non-hydrogen) atoms. The van der Waals surface area contributed by atoms with Gasteiger partial charge in [-0.1, -0.05) is 0 Å². The maximum Gasteiger partial charge on any atom is 0.335 e. The molecule has 1 rings (SSSR count). The minimum absolute atomic E-state index is 1.72. The van der Waals surface area contributed by atoms with Gasteiger partial charge in [-0.2, -0.15) is 0 Å². The summed E-state index contributed by atoms with van der Waals surface area (Å²) in [7, 11) is 0. The lowest BCUT2D eigenvalue weighted by Gasteiger charge is -2.13. The number of carboxylic acids is 6. The van der Waals surface area contributed by atoms with E-state index in [-0.39, 0.29) is 0 Å². The summed E-state index contributed by atoms with van der Waals surface area (Å²) in [5.74, 6) is -14.3. The van der Waals surface area contributed by atoms with Gasteiger partial charge in [0, 0.05) is 0 Å². The molecule has 1 heterocycles. The summed E-state index contributed by atoms with van der Waals surface area (Å²) in [6.45, 7) is 0. The molecule has 0 bridgehead atoms. The van der Waals surface area contributed by atoms with Crippen molar-refractivity contribution in [3.05, 3.63) is 0 Å². The first-order valence-electron chi connectivity index (χ1n) is 6.62. The third kappa shape index (κ3) is 5.87. The van der Waals surface area contributed by atoms with Gasteiger partial charge in [0.15, 0.2) is 24.4 Å². The van der Waals surface area contributed by atoms with Crippen LogP contribution >= 0.6 is 0 Å². The predicted octanol–water partition coefficient (Wildman–Crippen LogP) is -3.80. The molecule has 6 atom stereocenters. The molecule has 0 saturated carbocycles. The molecule has 1 fully saturated rings. The maximum atomic E-state index is 10.8. The Balaban J connectivity index is 0.000000580. The van der Waals surface area contributed by atoms with Crippen molar-refractivity contribution in [3.63, 3.8) is 0 Å². The zero-order chi connectivity index (χ0) is 21.6. The molecule has 0 amide bonds. The predicted molar refractivity (Wildman–Crippen MR) is 73.5 cm³/mol. The molecule has 0 radical (unpaired) electrons. The van der Waals surface area contributed by atoms with Gasteiger partial charge in [0.05, 0.1) is 0 Å². The summed E-state index contributed by atoms with van der Waals surface area (Å²) in [6.07, 6.45) is -8.51. The van der Waals surface area contributed by atoms with Crippen molar-refractivity contribution >= 4 is 35.8 Å². The molecule has 0 aliphatic carbocycles. The van der Waals surface area contributed by atoms with E-state index in [1.165, 1.54) is 0 Å². The van der Waals surface area contributed by atoms with Crippen LogP contribution in [0.25, 0.3) is 0 Å². The van der Waals surface area contributed by atoms with Crippen LogP contribution in [0.4, 0.5) is 0 Å². The fraction of sp³-hybridized carbons (Fsp3) is 0.500. The first kappa shape index (κ1) is 23.7. The van der Waals surface area contributed by atoms with E-state index in [9.17, 15) is 28.8 Å². The molecule has 15 heteroatoms. The zero-order valence-electron chi connectivity index (χ0n) is 12.9. The van der Waals surface area contributed by atoms with E-state index in [0.29, 0.717) is 0 Å². The Labute approximate surface area is 147 Å². The van der Waals surface area contributed by atoms with Crippen molar-refractivity contribution in [1.29, 1.82) is 0 Å². The fourth-order valence-corrected chi connectivity index (χ4v) is 1.96. The molecule has 0 aromatic rings. The van der Waals surface area contributed by atoms with Gasteiger partial charge in [-0.15, -0.1) is 0 Å². The first-order chi connectivity index (χ1) is 12.2. The summed E-state index contributed by atoms with van der Waals surface area (Å²) >= 11 is 0. The second kappa shape index (κ2) is 9.41. The summed E-state index contributed by atoms with van der Waals surface area (Å²) in [5.41, 5.74) is 0. The Hall–Kier alpha value is -3.30. The van der Waals surface area contributed by atoms with Crippen LogP contribution in [0.2, 0.25) is 0 Å². The first-order valence-corrected chi connectivity index (χ1v) is 6.62. The van der Waals surface area contributed by atoms with Crippen LogP contribution in [0.15, 0.2) is 0 Å².